The summed E-state index contributed by atoms with van der Waals surface area (Å²) in [5, 5.41) is 5.28. The highest BCUT2D eigenvalue weighted by Crippen LogP contribution is 2.20. The number of halogens is 2. The largest absolute Gasteiger partial charge is 0.271 e. The molecule has 0 radical (unpaired) electrons. The van der Waals surface area contributed by atoms with Crippen LogP contribution < -0.4 is 5.43 Å². The quantitative estimate of drug-likeness (QED) is 0.391. The van der Waals surface area contributed by atoms with Crippen molar-refractivity contribution in [3.8, 4) is 0 Å². The van der Waals surface area contributed by atoms with Gasteiger partial charge in [-0.15, -0.1) is 0 Å². The third-order valence-corrected chi connectivity index (χ3v) is 4.26. The second-order valence-corrected chi connectivity index (χ2v) is 6.54. The molecular weight excluding hydrogens is 390 g/mol. The van der Waals surface area contributed by atoms with E-state index in [0.717, 1.165) is 20.9 Å². The van der Waals surface area contributed by atoms with E-state index in [1.165, 1.54) is 6.21 Å². The smallest absolute Gasteiger partial charge is 0.267 e. The maximum absolute atomic E-state index is 12.0. The third kappa shape index (κ3) is 3.80. The zero-order valence-electron chi connectivity index (χ0n) is 12.8. The summed E-state index contributed by atoms with van der Waals surface area (Å²) in [7, 11) is 0. The Bertz CT molecular complexity index is 939. The number of benzene rings is 2. The summed E-state index contributed by atoms with van der Waals surface area (Å²) in [5.41, 5.74) is 5.61. The van der Waals surface area contributed by atoms with Crippen molar-refractivity contribution in [2.45, 2.75) is 6.92 Å². The first kappa shape index (κ1) is 16.6. The number of aryl methyl sites for hydroxylation is 1. The number of hydrogen-bond acceptors (Lipinski definition) is 3. The average Bonchev–Trinajstić information content (AvgIpc) is 2.56. The van der Waals surface area contributed by atoms with Crippen molar-refractivity contribution in [3.63, 3.8) is 0 Å². The number of hydrogen-bond donors (Lipinski definition) is 1. The van der Waals surface area contributed by atoms with Gasteiger partial charge in [0.25, 0.3) is 5.91 Å². The Morgan fingerprint density at radius 2 is 1.96 bits per heavy atom. The first-order valence-electron chi connectivity index (χ1n) is 7.19. The topological polar surface area (TPSA) is 54.4 Å². The molecule has 120 valence electrons. The van der Waals surface area contributed by atoms with E-state index in [-0.39, 0.29) is 5.91 Å². The summed E-state index contributed by atoms with van der Waals surface area (Å²) in [6.07, 6.45) is 1.49. The van der Waals surface area contributed by atoms with Crippen LogP contribution in [0.3, 0.4) is 0 Å². The number of carbonyl (C=O) groups excluding carboxylic acids is 1. The highest BCUT2D eigenvalue weighted by molar-refractivity contribution is 9.10. The van der Waals surface area contributed by atoms with Crippen LogP contribution in [0.1, 0.15) is 21.5 Å². The Labute approximate surface area is 152 Å². The van der Waals surface area contributed by atoms with Crippen molar-refractivity contribution in [2.24, 2.45) is 5.10 Å². The van der Waals surface area contributed by atoms with Gasteiger partial charge in [-0.2, -0.15) is 5.10 Å². The van der Waals surface area contributed by atoms with Gasteiger partial charge in [0.2, 0.25) is 0 Å². The molecule has 1 aromatic heterocycles. The number of hydrazone groups is 1. The third-order valence-electron chi connectivity index (χ3n) is 3.43. The van der Waals surface area contributed by atoms with Crippen molar-refractivity contribution in [1.29, 1.82) is 0 Å². The summed E-state index contributed by atoms with van der Waals surface area (Å²) in [6.45, 7) is 2.01. The first-order valence-corrected chi connectivity index (χ1v) is 8.36. The van der Waals surface area contributed by atoms with Gasteiger partial charge in [-0.05, 0) is 49.4 Å². The average molecular weight is 403 g/mol. The second kappa shape index (κ2) is 7.11. The van der Waals surface area contributed by atoms with E-state index in [1.807, 2.05) is 31.2 Å². The zero-order chi connectivity index (χ0) is 17.1. The molecule has 0 aliphatic rings. The molecule has 0 aliphatic carbocycles. The fourth-order valence-corrected chi connectivity index (χ4v) is 2.66. The molecule has 3 aromatic rings. The van der Waals surface area contributed by atoms with Gasteiger partial charge < -0.3 is 0 Å². The number of fused-ring (bicyclic) bond motifs is 1. The minimum atomic E-state index is -0.292. The Balaban J connectivity index is 1.78. The molecule has 0 spiro atoms. The molecule has 3 rings (SSSR count). The number of pyridine rings is 1. The van der Waals surface area contributed by atoms with E-state index in [0.29, 0.717) is 16.3 Å². The maximum Gasteiger partial charge on any atom is 0.271 e. The summed E-state index contributed by atoms with van der Waals surface area (Å²) in [4.78, 5) is 16.3. The molecule has 1 amide bonds. The number of rotatable bonds is 3. The van der Waals surface area contributed by atoms with E-state index in [9.17, 15) is 4.79 Å². The van der Waals surface area contributed by atoms with E-state index >= 15 is 0 Å². The van der Waals surface area contributed by atoms with Crippen LogP contribution in [-0.4, -0.2) is 17.1 Å². The normalized spacial score (nSPS) is 11.1. The second-order valence-electron chi connectivity index (χ2n) is 5.27. The van der Waals surface area contributed by atoms with Gasteiger partial charge >= 0.3 is 0 Å². The van der Waals surface area contributed by atoms with E-state index in [1.54, 1.807) is 24.3 Å². The van der Waals surface area contributed by atoms with E-state index < -0.39 is 0 Å². The minimum Gasteiger partial charge on any atom is -0.267 e. The molecule has 0 fully saturated rings. The number of nitrogens with one attached hydrogen (secondary N) is 1. The highest BCUT2D eigenvalue weighted by Gasteiger charge is 2.05. The predicted octanol–water partition coefficient (Wildman–Crippen LogP) is 4.72. The lowest BCUT2D eigenvalue weighted by atomic mass is 10.1. The van der Waals surface area contributed by atoms with Gasteiger partial charge in [-0.1, -0.05) is 39.2 Å². The van der Waals surface area contributed by atoms with Crippen LogP contribution >= 0.6 is 27.5 Å². The standard InChI is InChI=1S/C18H13BrClN3O/c1-11-2-7-16-13(8-11)9-14(17(20)22-16)10-21-23-18(24)12-3-5-15(19)6-4-12/h2-10H,1H3,(H,23,24)/b21-10-. The molecule has 6 heteroatoms. The molecular formula is C18H13BrClN3O. The number of amides is 1. The predicted molar refractivity (Wildman–Crippen MR) is 101 cm³/mol. The molecule has 0 unspecified atom stereocenters. The maximum atomic E-state index is 12.0. The Hall–Kier alpha value is -2.24. The van der Waals surface area contributed by atoms with Crippen molar-refractivity contribution in [3.05, 3.63) is 74.8 Å². The lowest BCUT2D eigenvalue weighted by Gasteiger charge is -2.03. The van der Waals surface area contributed by atoms with Crippen molar-refractivity contribution < 1.29 is 4.79 Å². The van der Waals surface area contributed by atoms with E-state index in [2.05, 4.69) is 31.4 Å². The van der Waals surface area contributed by atoms with Gasteiger partial charge in [-0.25, -0.2) is 10.4 Å². The van der Waals surface area contributed by atoms with Crippen molar-refractivity contribution in [2.75, 3.05) is 0 Å². The summed E-state index contributed by atoms with van der Waals surface area (Å²) in [6, 6.07) is 14.8. The van der Waals surface area contributed by atoms with E-state index in [4.69, 9.17) is 11.6 Å². The molecule has 0 bridgehead atoms. The number of aromatic nitrogens is 1. The number of nitrogens with zero attached hydrogens (tertiary/aromatic N) is 2. The van der Waals surface area contributed by atoms with Gasteiger partial charge in [0.05, 0.1) is 11.7 Å². The molecule has 2 aromatic carbocycles. The molecule has 0 saturated heterocycles. The molecule has 1 N–H and O–H groups in total. The highest BCUT2D eigenvalue weighted by atomic mass is 79.9. The first-order chi connectivity index (χ1) is 11.5. The van der Waals surface area contributed by atoms with Gasteiger partial charge in [-0.3, -0.25) is 4.79 Å². The van der Waals surface area contributed by atoms with Crippen LogP contribution in [-0.2, 0) is 0 Å². The monoisotopic (exact) mass is 401 g/mol. The molecule has 4 nitrogen and oxygen atoms in total. The Kier molecular flexibility index (Phi) is 4.92. The lowest BCUT2D eigenvalue weighted by molar-refractivity contribution is 0.0955. The van der Waals surface area contributed by atoms with Crippen LogP contribution in [0.5, 0.6) is 0 Å². The summed E-state index contributed by atoms with van der Waals surface area (Å²) in [5.74, 6) is -0.292. The Morgan fingerprint density at radius 1 is 1.21 bits per heavy atom. The van der Waals surface area contributed by atoms with Crippen molar-refractivity contribution >= 4 is 50.6 Å². The number of carbonyl (C=O) groups is 1. The van der Waals surface area contributed by atoms with Crippen LogP contribution in [0.25, 0.3) is 10.9 Å². The molecule has 0 saturated carbocycles. The van der Waals surface area contributed by atoms with Gasteiger partial charge in [0.1, 0.15) is 5.15 Å². The molecule has 0 aliphatic heterocycles. The van der Waals surface area contributed by atoms with Crippen LogP contribution in [0.15, 0.2) is 58.1 Å². The fraction of sp³-hybridized carbons (Fsp3) is 0.0556. The lowest BCUT2D eigenvalue weighted by Crippen LogP contribution is -2.17. The van der Waals surface area contributed by atoms with Gasteiger partial charge in [0.15, 0.2) is 0 Å². The van der Waals surface area contributed by atoms with Crippen LogP contribution in [0.2, 0.25) is 5.15 Å². The molecule has 1 heterocycles. The van der Waals surface area contributed by atoms with Crippen molar-refractivity contribution in [1.82, 2.24) is 10.4 Å². The summed E-state index contributed by atoms with van der Waals surface area (Å²) < 4.78 is 0.909. The zero-order valence-corrected chi connectivity index (χ0v) is 15.1. The fourth-order valence-electron chi connectivity index (χ4n) is 2.21. The molecule has 24 heavy (non-hydrogen) atoms. The van der Waals surface area contributed by atoms with Crippen LogP contribution in [0.4, 0.5) is 0 Å². The minimum absolute atomic E-state index is 0.292. The van der Waals surface area contributed by atoms with Gasteiger partial charge in [0, 0.05) is 21.0 Å². The summed E-state index contributed by atoms with van der Waals surface area (Å²) >= 11 is 9.50. The Morgan fingerprint density at radius 3 is 2.71 bits per heavy atom. The van der Waals surface area contributed by atoms with Crippen LogP contribution in [0, 0.1) is 6.92 Å². The molecule has 0 atom stereocenters. The SMILES string of the molecule is Cc1ccc2nc(Cl)c(/C=N\NC(=O)c3ccc(Br)cc3)cc2c1.